The number of aromatic nitrogens is 1. The number of hydrogen-bond acceptors (Lipinski definition) is 4. The van der Waals surface area contributed by atoms with Gasteiger partial charge in [-0.1, -0.05) is 13.0 Å². The Balaban J connectivity index is 1.83. The molecule has 120 valence electrons. The number of rotatable bonds is 5. The summed E-state index contributed by atoms with van der Waals surface area (Å²) < 4.78 is 0. The van der Waals surface area contributed by atoms with Crippen LogP contribution >= 0.6 is 0 Å². The van der Waals surface area contributed by atoms with Gasteiger partial charge in [-0.05, 0) is 25.5 Å². The van der Waals surface area contributed by atoms with E-state index in [1.807, 2.05) is 30.0 Å². The van der Waals surface area contributed by atoms with Crippen LogP contribution in [0.5, 0.6) is 0 Å². The summed E-state index contributed by atoms with van der Waals surface area (Å²) in [6.45, 7) is 6.54. The predicted octanol–water partition coefficient (Wildman–Crippen LogP) is 1.03. The lowest BCUT2D eigenvalue weighted by molar-refractivity contribution is -0.136. The standard InChI is InChI=1S/C16H24N4O2/c1-3-6-15(21)18-13(2)16(22)20-11-9-19(10-12-20)14-7-4-5-8-17-14/h4-5,7-8,13H,3,6,9-12H2,1-2H3,(H,18,21)/t13-/m0/s1. The highest BCUT2D eigenvalue weighted by molar-refractivity contribution is 5.87. The van der Waals surface area contributed by atoms with Crippen LogP contribution in [0.3, 0.4) is 0 Å². The Labute approximate surface area is 131 Å². The largest absolute Gasteiger partial charge is 0.353 e. The second-order valence-corrected chi connectivity index (χ2v) is 5.54. The number of nitrogens with zero attached hydrogens (tertiary/aromatic N) is 3. The first-order chi connectivity index (χ1) is 10.6. The zero-order chi connectivity index (χ0) is 15.9. The Kier molecular flexibility index (Phi) is 5.75. The molecule has 0 spiro atoms. The SMILES string of the molecule is CCCC(=O)N[C@@H](C)C(=O)N1CCN(c2ccccn2)CC1. The zero-order valence-electron chi connectivity index (χ0n) is 13.3. The highest BCUT2D eigenvalue weighted by atomic mass is 16.2. The third-order valence-corrected chi connectivity index (χ3v) is 3.79. The molecule has 0 aliphatic carbocycles. The molecule has 1 N–H and O–H groups in total. The summed E-state index contributed by atoms with van der Waals surface area (Å²) in [5, 5.41) is 2.76. The Hall–Kier alpha value is -2.11. The normalized spacial score (nSPS) is 16.3. The minimum atomic E-state index is -0.458. The summed E-state index contributed by atoms with van der Waals surface area (Å²) in [6, 6.07) is 5.38. The van der Waals surface area contributed by atoms with E-state index in [4.69, 9.17) is 0 Å². The van der Waals surface area contributed by atoms with E-state index in [-0.39, 0.29) is 11.8 Å². The number of carbonyl (C=O) groups excluding carboxylic acids is 2. The van der Waals surface area contributed by atoms with Crippen LogP contribution in [0.15, 0.2) is 24.4 Å². The van der Waals surface area contributed by atoms with Crippen molar-refractivity contribution < 1.29 is 9.59 Å². The van der Waals surface area contributed by atoms with E-state index in [1.54, 1.807) is 13.1 Å². The van der Waals surface area contributed by atoms with Crippen molar-refractivity contribution in [3.8, 4) is 0 Å². The molecule has 1 aliphatic heterocycles. The Morgan fingerprint density at radius 1 is 1.27 bits per heavy atom. The van der Waals surface area contributed by atoms with Gasteiger partial charge in [0.1, 0.15) is 11.9 Å². The zero-order valence-corrected chi connectivity index (χ0v) is 13.3. The van der Waals surface area contributed by atoms with Crippen molar-refractivity contribution in [3.63, 3.8) is 0 Å². The van der Waals surface area contributed by atoms with Crippen LogP contribution in [0.4, 0.5) is 5.82 Å². The maximum Gasteiger partial charge on any atom is 0.244 e. The average Bonchev–Trinajstić information content (AvgIpc) is 2.55. The molecule has 1 aromatic heterocycles. The summed E-state index contributed by atoms with van der Waals surface area (Å²) in [5.41, 5.74) is 0. The molecule has 1 aromatic rings. The quantitative estimate of drug-likeness (QED) is 0.882. The maximum absolute atomic E-state index is 12.4. The topological polar surface area (TPSA) is 65.5 Å². The summed E-state index contributed by atoms with van der Waals surface area (Å²) in [7, 11) is 0. The number of piperazine rings is 1. The molecule has 22 heavy (non-hydrogen) atoms. The van der Waals surface area contributed by atoms with Crippen LogP contribution in [0.2, 0.25) is 0 Å². The van der Waals surface area contributed by atoms with Crippen molar-refractivity contribution in [1.29, 1.82) is 0 Å². The van der Waals surface area contributed by atoms with Gasteiger partial charge < -0.3 is 15.1 Å². The van der Waals surface area contributed by atoms with E-state index >= 15 is 0 Å². The fourth-order valence-corrected chi connectivity index (χ4v) is 2.57. The second kappa shape index (κ2) is 7.77. The molecule has 1 saturated heterocycles. The number of nitrogens with one attached hydrogen (secondary N) is 1. The van der Waals surface area contributed by atoms with Crippen LogP contribution in [0, 0.1) is 0 Å². The maximum atomic E-state index is 12.4. The average molecular weight is 304 g/mol. The molecular formula is C16H24N4O2. The molecule has 0 saturated carbocycles. The molecule has 2 amide bonds. The van der Waals surface area contributed by atoms with E-state index in [1.165, 1.54) is 0 Å². The van der Waals surface area contributed by atoms with Crippen molar-refractivity contribution in [2.45, 2.75) is 32.7 Å². The number of carbonyl (C=O) groups is 2. The Bertz CT molecular complexity index is 498. The highest BCUT2D eigenvalue weighted by Crippen LogP contribution is 2.13. The van der Waals surface area contributed by atoms with E-state index < -0.39 is 6.04 Å². The molecule has 0 bridgehead atoms. The van der Waals surface area contributed by atoms with E-state index in [9.17, 15) is 9.59 Å². The Morgan fingerprint density at radius 2 is 2.00 bits per heavy atom. The molecule has 0 aromatic carbocycles. The monoisotopic (exact) mass is 304 g/mol. The van der Waals surface area contributed by atoms with Gasteiger partial charge in [0, 0.05) is 38.8 Å². The van der Waals surface area contributed by atoms with Crippen LogP contribution in [-0.2, 0) is 9.59 Å². The van der Waals surface area contributed by atoms with Crippen LogP contribution < -0.4 is 10.2 Å². The van der Waals surface area contributed by atoms with Crippen LogP contribution in [0.25, 0.3) is 0 Å². The first kappa shape index (κ1) is 16.3. The van der Waals surface area contributed by atoms with Gasteiger partial charge in [0.25, 0.3) is 0 Å². The number of pyridine rings is 1. The number of amides is 2. The van der Waals surface area contributed by atoms with Crippen molar-refractivity contribution in [2.75, 3.05) is 31.1 Å². The smallest absolute Gasteiger partial charge is 0.244 e. The van der Waals surface area contributed by atoms with Gasteiger partial charge in [-0.3, -0.25) is 9.59 Å². The molecule has 1 fully saturated rings. The van der Waals surface area contributed by atoms with Crippen molar-refractivity contribution in [1.82, 2.24) is 15.2 Å². The molecule has 6 nitrogen and oxygen atoms in total. The van der Waals surface area contributed by atoms with E-state index in [0.717, 1.165) is 25.3 Å². The fourth-order valence-electron chi connectivity index (χ4n) is 2.57. The lowest BCUT2D eigenvalue weighted by Crippen LogP contribution is -2.54. The highest BCUT2D eigenvalue weighted by Gasteiger charge is 2.25. The molecule has 1 atom stereocenters. The van der Waals surface area contributed by atoms with Crippen molar-refractivity contribution >= 4 is 17.6 Å². The van der Waals surface area contributed by atoms with Gasteiger partial charge >= 0.3 is 0 Å². The molecule has 6 heteroatoms. The third kappa shape index (κ3) is 4.19. The van der Waals surface area contributed by atoms with Gasteiger partial charge in [0.15, 0.2) is 0 Å². The van der Waals surface area contributed by atoms with Gasteiger partial charge in [-0.25, -0.2) is 4.98 Å². The molecule has 2 heterocycles. The summed E-state index contributed by atoms with van der Waals surface area (Å²) in [4.78, 5) is 32.3. The number of hydrogen-bond donors (Lipinski definition) is 1. The van der Waals surface area contributed by atoms with Gasteiger partial charge in [-0.15, -0.1) is 0 Å². The van der Waals surface area contributed by atoms with Crippen molar-refractivity contribution in [3.05, 3.63) is 24.4 Å². The van der Waals surface area contributed by atoms with E-state index in [2.05, 4.69) is 15.2 Å². The molecule has 0 unspecified atom stereocenters. The lowest BCUT2D eigenvalue weighted by atomic mass is 10.2. The van der Waals surface area contributed by atoms with Gasteiger partial charge in [-0.2, -0.15) is 0 Å². The summed E-state index contributed by atoms with van der Waals surface area (Å²) in [5.74, 6) is 0.875. The molecule has 0 radical (unpaired) electrons. The fraction of sp³-hybridized carbons (Fsp3) is 0.562. The van der Waals surface area contributed by atoms with Crippen LogP contribution in [-0.4, -0.2) is 53.9 Å². The van der Waals surface area contributed by atoms with Gasteiger partial charge in [0.05, 0.1) is 0 Å². The van der Waals surface area contributed by atoms with Crippen LogP contribution in [0.1, 0.15) is 26.7 Å². The van der Waals surface area contributed by atoms with E-state index in [0.29, 0.717) is 19.5 Å². The lowest BCUT2D eigenvalue weighted by Gasteiger charge is -2.36. The minimum absolute atomic E-state index is 0.00914. The Morgan fingerprint density at radius 3 is 2.59 bits per heavy atom. The first-order valence-electron chi connectivity index (χ1n) is 7.86. The predicted molar refractivity (Wildman–Crippen MR) is 85.5 cm³/mol. The van der Waals surface area contributed by atoms with Crippen molar-refractivity contribution in [2.24, 2.45) is 0 Å². The third-order valence-electron chi connectivity index (χ3n) is 3.79. The second-order valence-electron chi connectivity index (χ2n) is 5.54. The minimum Gasteiger partial charge on any atom is -0.353 e. The first-order valence-corrected chi connectivity index (χ1v) is 7.86. The summed E-state index contributed by atoms with van der Waals surface area (Å²) >= 11 is 0. The summed E-state index contributed by atoms with van der Waals surface area (Å²) in [6.07, 6.45) is 3.03. The number of anilines is 1. The molecular weight excluding hydrogens is 280 g/mol. The van der Waals surface area contributed by atoms with Gasteiger partial charge in [0.2, 0.25) is 11.8 Å². The molecule has 2 rings (SSSR count). The molecule has 1 aliphatic rings.